The van der Waals surface area contributed by atoms with E-state index in [9.17, 15) is 8.42 Å². The summed E-state index contributed by atoms with van der Waals surface area (Å²) < 4.78 is 33.7. The normalized spacial score (nSPS) is 17.5. The highest BCUT2D eigenvalue weighted by Crippen LogP contribution is 2.42. The van der Waals surface area contributed by atoms with Gasteiger partial charge in [-0.05, 0) is 30.3 Å². The van der Waals surface area contributed by atoms with Crippen molar-refractivity contribution in [2.75, 3.05) is 54.3 Å². The van der Waals surface area contributed by atoms with Crippen LogP contribution in [0.2, 0.25) is 0 Å². The van der Waals surface area contributed by atoms with Gasteiger partial charge >= 0.3 is 0 Å². The van der Waals surface area contributed by atoms with Gasteiger partial charge in [-0.15, -0.1) is 0 Å². The van der Waals surface area contributed by atoms with E-state index in [0.29, 0.717) is 23.7 Å². The molecule has 0 radical (unpaired) electrons. The molecule has 0 saturated carbocycles. The molecule has 2 heterocycles. The Kier molecular flexibility index (Phi) is 4.37. The fraction of sp³-hybridized carbons (Fsp3) is 0.333. The van der Waals surface area contributed by atoms with E-state index in [1.165, 1.54) is 10.4 Å². The molecule has 2 aliphatic heterocycles. The Bertz CT molecular complexity index is 910. The number of benzene rings is 2. The number of ether oxygens (including phenoxy) is 1. The smallest absolute Gasteiger partial charge is 0.264 e. The molecule has 0 amide bonds. The molecule has 2 aromatic rings. The maximum atomic E-state index is 13.2. The van der Waals surface area contributed by atoms with Crippen molar-refractivity contribution < 1.29 is 13.2 Å². The van der Waals surface area contributed by atoms with Gasteiger partial charge in [0.2, 0.25) is 0 Å². The molecule has 0 spiro atoms. The average Bonchev–Trinajstić information content (AvgIpc) is 2.67. The van der Waals surface area contributed by atoms with Crippen molar-refractivity contribution in [3.63, 3.8) is 0 Å². The number of sulfonamides is 1. The maximum Gasteiger partial charge on any atom is 0.264 e. The van der Waals surface area contributed by atoms with Gasteiger partial charge in [0.15, 0.2) is 5.75 Å². The van der Waals surface area contributed by atoms with Crippen LogP contribution in [0.3, 0.4) is 0 Å². The first-order chi connectivity index (χ1) is 12.6. The van der Waals surface area contributed by atoms with Crippen LogP contribution in [0.5, 0.6) is 5.75 Å². The summed E-state index contributed by atoms with van der Waals surface area (Å²) in [5.74, 6) is 0.633. The number of anilines is 3. The van der Waals surface area contributed by atoms with Crippen LogP contribution < -0.4 is 25.0 Å². The molecular weight excluding hydrogens is 352 g/mol. The average molecular weight is 374 g/mol. The lowest BCUT2D eigenvalue weighted by atomic mass is 10.2. The van der Waals surface area contributed by atoms with Gasteiger partial charge in [0.25, 0.3) is 10.0 Å². The molecule has 138 valence electrons. The highest BCUT2D eigenvalue weighted by molar-refractivity contribution is 7.92. The Labute approximate surface area is 153 Å². The number of piperazine rings is 1. The number of rotatable bonds is 3. The number of hydrogen-bond acceptors (Lipinski definition) is 6. The van der Waals surface area contributed by atoms with E-state index in [1.54, 1.807) is 24.3 Å². The summed E-state index contributed by atoms with van der Waals surface area (Å²) >= 11 is 0. The number of nitrogen functional groups attached to an aromatic ring is 1. The molecular formula is C18H22N4O3S. The lowest BCUT2D eigenvalue weighted by molar-refractivity contribution is 0.315. The highest BCUT2D eigenvalue weighted by atomic mass is 32.2. The molecule has 1 saturated heterocycles. The number of hydrogen-bond donors (Lipinski definition) is 2. The van der Waals surface area contributed by atoms with Crippen LogP contribution in [0, 0.1) is 0 Å². The summed E-state index contributed by atoms with van der Waals surface area (Å²) in [6, 6.07) is 12.1. The number of para-hydroxylation sites is 1. The molecule has 0 aromatic heterocycles. The largest absolute Gasteiger partial charge is 0.487 e. The summed E-state index contributed by atoms with van der Waals surface area (Å²) in [7, 11) is -3.70. The van der Waals surface area contributed by atoms with Gasteiger partial charge in [0.1, 0.15) is 6.61 Å². The zero-order chi connectivity index (χ0) is 18.1. The second-order valence-corrected chi connectivity index (χ2v) is 8.22. The van der Waals surface area contributed by atoms with Crippen molar-refractivity contribution in [1.82, 2.24) is 5.32 Å². The van der Waals surface area contributed by atoms with Crippen LogP contribution >= 0.6 is 0 Å². The molecule has 1 fully saturated rings. The first-order valence-corrected chi connectivity index (χ1v) is 10.1. The summed E-state index contributed by atoms with van der Waals surface area (Å²) in [6.45, 7) is 4.11. The first-order valence-electron chi connectivity index (χ1n) is 8.67. The lowest BCUT2D eigenvalue weighted by Crippen LogP contribution is -2.44. The second kappa shape index (κ2) is 6.69. The second-order valence-electron chi connectivity index (χ2n) is 6.36. The molecule has 0 atom stereocenters. The van der Waals surface area contributed by atoms with Crippen LogP contribution in [0.1, 0.15) is 0 Å². The molecule has 8 heteroatoms. The summed E-state index contributed by atoms with van der Waals surface area (Å²) in [5, 5.41) is 3.32. The third-order valence-corrected chi connectivity index (χ3v) is 6.50. The maximum absolute atomic E-state index is 13.2. The van der Waals surface area contributed by atoms with Gasteiger partial charge in [-0.1, -0.05) is 12.1 Å². The highest BCUT2D eigenvalue weighted by Gasteiger charge is 2.32. The van der Waals surface area contributed by atoms with Gasteiger partial charge in [-0.2, -0.15) is 0 Å². The van der Waals surface area contributed by atoms with Crippen molar-refractivity contribution in [3.8, 4) is 5.75 Å². The summed E-state index contributed by atoms with van der Waals surface area (Å²) in [6.07, 6.45) is 0. The van der Waals surface area contributed by atoms with E-state index in [0.717, 1.165) is 31.9 Å². The number of fused-ring (bicyclic) bond motifs is 1. The Balaban J connectivity index is 1.76. The van der Waals surface area contributed by atoms with E-state index in [4.69, 9.17) is 10.5 Å². The molecule has 26 heavy (non-hydrogen) atoms. The van der Waals surface area contributed by atoms with E-state index in [2.05, 4.69) is 10.2 Å². The van der Waals surface area contributed by atoms with Crippen LogP contribution in [-0.2, 0) is 10.0 Å². The van der Waals surface area contributed by atoms with Gasteiger partial charge in [-0.3, -0.25) is 4.31 Å². The van der Waals surface area contributed by atoms with Crippen LogP contribution in [0.4, 0.5) is 17.1 Å². The Morgan fingerprint density at radius 1 is 1.00 bits per heavy atom. The topological polar surface area (TPSA) is 87.9 Å². The van der Waals surface area contributed by atoms with E-state index in [-0.39, 0.29) is 11.4 Å². The molecule has 2 aliphatic rings. The van der Waals surface area contributed by atoms with E-state index < -0.39 is 10.0 Å². The standard InChI is InChI=1S/C18H22N4O3S/c19-14-3-1-4-15(13-14)26(23,24)22-11-12-25-18-16(5-2-6-17(18)22)21-9-7-20-8-10-21/h1-6,13,20H,7-12,19H2. The first kappa shape index (κ1) is 17.0. The molecule has 0 unspecified atom stereocenters. The Hall–Kier alpha value is -2.45. The predicted molar refractivity (Wildman–Crippen MR) is 102 cm³/mol. The van der Waals surface area contributed by atoms with Crippen molar-refractivity contribution in [1.29, 1.82) is 0 Å². The third-order valence-electron chi connectivity index (χ3n) is 4.69. The number of nitrogens with two attached hydrogens (primary N) is 1. The van der Waals surface area contributed by atoms with Gasteiger partial charge in [0.05, 0.1) is 22.8 Å². The predicted octanol–water partition coefficient (Wildman–Crippen LogP) is 1.27. The summed E-state index contributed by atoms with van der Waals surface area (Å²) in [5.41, 5.74) is 7.73. The lowest BCUT2D eigenvalue weighted by Gasteiger charge is -2.36. The number of nitrogens with zero attached hydrogens (tertiary/aromatic N) is 2. The molecule has 0 bridgehead atoms. The SMILES string of the molecule is Nc1cccc(S(=O)(=O)N2CCOc3c(N4CCNCC4)cccc32)c1. The van der Waals surface area contributed by atoms with Gasteiger partial charge < -0.3 is 20.7 Å². The van der Waals surface area contributed by atoms with Crippen molar-refractivity contribution in [2.24, 2.45) is 0 Å². The minimum absolute atomic E-state index is 0.193. The van der Waals surface area contributed by atoms with Gasteiger partial charge in [-0.25, -0.2) is 8.42 Å². The van der Waals surface area contributed by atoms with E-state index >= 15 is 0 Å². The Morgan fingerprint density at radius 2 is 1.73 bits per heavy atom. The third kappa shape index (κ3) is 2.95. The summed E-state index contributed by atoms with van der Waals surface area (Å²) in [4.78, 5) is 2.42. The molecule has 7 nitrogen and oxygen atoms in total. The minimum atomic E-state index is -3.70. The monoisotopic (exact) mass is 374 g/mol. The molecule has 0 aliphatic carbocycles. The van der Waals surface area contributed by atoms with Crippen molar-refractivity contribution >= 4 is 27.1 Å². The zero-order valence-corrected chi connectivity index (χ0v) is 15.2. The molecule has 4 rings (SSSR count). The molecule has 2 aromatic carbocycles. The fourth-order valence-electron chi connectivity index (χ4n) is 3.41. The van der Waals surface area contributed by atoms with Gasteiger partial charge in [0, 0.05) is 31.9 Å². The van der Waals surface area contributed by atoms with Crippen molar-refractivity contribution in [3.05, 3.63) is 42.5 Å². The zero-order valence-electron chi connectivity index (χ0n) is 14.4. The fourth-order valence-corrected chi connectivity index (χ4v) is 4.92. The van der Waals surface area contributed by atoms with Crippen LogP contribution in [-0.4, -0.2) is 47.7 Å². The van der Waals surface area contributed by atoms with Crippen LogP contribution in [0.25, 0.3) is 0 Å². The minimum Gasteiger partial charge on any atom is -0.487 e. The quantitative estimate of drug-likeness (QED) is 0.787. The van der Waals surface area contributed by atoms with E-state index in [1.807, 2.05) is 12.1 Å². The van der Waals surface area contributed by atoms with Crippen molar-refractivity contribution in [2.45, 2.75) is 4.90 Å². The van der Waals surface area contributed by atoms with Crippen LogP contribution in [0.15, 0.2) is 47.4 Å². The molecule has 3 N–H and O–H groups in total. The number of nitrogens with one attached hydrogen (secondary N) is 1. The Morgan fingerprint density at radius 3 is 2.50 bits per heavy atom.